The van der Waals surface area contributed by atoms with Crippen molar-refractivity contribution in [1.29, 1.82) is 0 Å². The van der Waals surface area contributed by atoms with Crippen LogP contribution in [0.4, 0.5) is 32.0 Å². The van der Waals surface area contributed by atoms with Gasteiger partial charge in [-0.25, -0.2) is 4.39 Å². The molecule has 1 atom stereocenters. The molecule has 0 bridgehead atoms. The van der Waals surface area contributed by atoms with E-state index < -0.39 is 29.6 Å². The second-order valence-electron chi connectivity index (χ2n) is 3.48. The quantitative estimate of drug-likeness (QED) is 0.676. The smallest absolute Gasteiger partial charge is 0.456 e. The summed E-state index contributed by atoms with van der Waals surface area (Å²) in [7, 11) is 1.01. The summed E-state index contributed by atoms with van der Waals surface area (Å²) >= 11 is 0. The molecule has 0 heterocycles. The molecule has 0 aromatic heterocycles. The molecule has 2 N–H and O–H groups in total. The molecule has 1 unspecified atom stereocenters. The Hall–Kier alpha value is -1.60. The minimum absolute atomic E-state index is 0.0538. The molecule has 0 aliphatic carbocycles. The van der Waals surface area contributed by atoms with Crippen molar-refractivity contribution in [3.63, 3.8) is 0 Å². The van der Waals surface area contributed by atoms with Crippen molar-refractivity contribution in [3.05, 3.63) is 23.8 Å². The predicted molar refractivity (Wildman–Crippen MR) is 52.3 cm³/mol. The second kappa shape index (κ2) is 4.58. The number of rotatable bonds is 3. The number of alkyl halides is 6. The van der Waals surface area contributed by atoms with E-state index in [4.69, 9.17) is 5.73 Å². The average Bonchev–Trinajstić information content (AvgIpc) is 2.26. The summed E-state index contributed by atoms with van der Waals surface area (Å²) in [5.74, 6) is -5.97. The molecule has 0 radical (unpaired) electrons. The van der Waals surface area contributed by atoms with Gasteiger partial charge in [-0.3, -0.25) is 0 Å². The van der Waals surface area contributed by atoms with Gasteiger partial charge in [0.1, 0.15) is 5.75 Å². The molecule has 0 saturated carbocycles. The van der Waals surface area contributed by atoms with Gasteiger partial charge in [0.05, 0.1) is 7.11 Å². The summed E-state index contributed by atoms with van der Waals surface area (Å²) in [4.78, 5) is 0. The van der Waals surface area contributed by atoms with E-state index in [1.54, 1.807) is 0 Å². The highest BCUT2D eigenvalue weighted by Crippen LogP contribution is 2.48. The van der Waals surface area contributed by atoms with Crippen LogP contribution in [0.25, 0.3) is 0 Å². The maximum atomic E-state index is 13.4. The standard InChI is InChI=1S/C10H9F6NO/c1-18-7-4-5(17)2-3-6(7)8(11)9(12,13)10(14,15)16/h2-4,8H,17H2,1H3. The largest absolute Gasteiger partial charge is 0.496 e. The lowest BCUT2D eigenvalue weighted by atomic mass is 10.0. The van der Waals surface area contributed by atoms with Crippen LogP contribution in [-0.4, -0.2) is 19.2 Å². The minimum Gasteiger partial charge on any atom is -0.496 e. The highest BCUT2D eigenvalue weighted by Gasteiger charge is 2.64. The van der Waals surface area contributed by atoms with E-state index in [2.05, 4.69) is 4.74 Å². The fraction of sp³-hybridized carbons (Fsp3) is 0.400. The van der Waals surface area contributed by atoms with E-state index in [0.717, 1.165) is 25.3 Å². The highest BCUT2D eigenvalue weighted by atomic mass is 19.4. The molecule has 18 heavy (non-hydrogen) atoms. The molecule has 0 aliphatic heterocycles. The third-order valence-electron chi connectivity index (χ3n) is 2.23. The van der Waals surface area contributed by atoms with E-state index in [9.17, 15) is 26.3 Å². The number of ether oxygens (including phenoxy) is 1. The van der Waals surface area contributed by atoms with Crippen molar-refractivity contribution in [2.24, 2.45) is 0 Å². The zero-order valence-corrected chi connectivity index (χ0v) is 9.06. The Labute approximate surface area is 98.3 Å². The van der Waals surface area contributed by atoms with Crippen molar-refractivity contribution in [2.75, 3.05) is 12.8 Å². The van der Waals surface area contributed by atoms with E-state index >= 15 is 0 Å². The van der Waals surface area contributed by atoms with Crippen molar-refractivity contribution >= 4 is 5.69 Å². The second-order valence-corrected chi connectivity index (χ2v) is 3.48. The van der Waals surface area contributed by atoms with Gasteiger partial charge in [-0.05, 0) is 6.07 Å². The van der Waals surface area contributed by atoms with Crippen LogP contribution in [0.15, 0.2) is 18.2 Å². The average molecular weight is 273 g/mol. The summed E-state index contributed by atoms with van der Waals surface area (Å²) in [6, 6.07) is 2.71. The molecule has 1 rings (SSSR count). The Balaban J connectivity index is 3.23. The minimum atomic E-state index is -5.99. The van der Waals surface area contributed by atoms with E-state index in [1.165, 1.54) is 0 Å². The number of hydrogen-bond acceptors (Lipinski definition) is 2. The molecule has 0 saturated heterocycles. The molecule has 0 fully saturated rings. The number of methoxy groups -OCH3 is 1. The van der Waals surface area contributed by atoms with Crippen LogP contribution in [0.2, 0.25) is 0 Å². The number of anilines is 1. The lowest BCUT2D eigenvalue weighted by Gasteiger charge is -2.24. The fourth-order valence-corrected chi connectivity index (χ4v) is 1.28. The first-order valence-corrected chi connectivity index (χ1v) is 4.63. The maximum absolute atomic E-state index is 13.4. The first-order valence-electron chi connectivity index (χ1n) is 4.63. The Bertz CT molecular complexity index is 431. The zero-order valence-electron chi connectivity index (χ0n) is 9.06. The molecular formula is C10H9F6NO. The SMILES string of the molecule is COc1cc(N)ccc1C(F)C(F)(F)C(F)(F)F. The Kier molecular flexibility index (Phi) is 3.68. The summed E-state index contributed by atoms with van der Waals surface area (Å²) in [5.41, 5.74) is 4.43. The molecule has 1 aromatic rings. The molecule has 0 aliphatic rings. The lowest BCUT2D eigenvalue weighted by Crippen LogP contribution is -2.40. The normalized spacial score (nSPS) is 14.4. The van der Waals surface area contributed by atoms with Crippen LogP contribution in [0.1, 0.15) is 11.7 Å². The van der Waals surface area contributed by atoms with Crippen LogP contribution in [-0.2, 0) is 0 Å². The first-order chi connectivity index (χ1) is 8.11. The van der Waals surface area contributed by atoms with Crippen molar-refractivity contribution in [3.8, 4) is 5.75 Å². The molecule has 1 aromatic carbocycles. The third kappa shape index (κ3) is 2.46. The molecular weight excluding hydrogens is 264 g/mol. The van der Waals surface area contributed by atoms with Gasteiger partial charge in [-0.2, -0.15) is 22.0 Å². The van der Waals surface area contributed by atoms with E-state index in [1.807, 2.05) is 0 Å². The first kappa shape index (κ1) is 14.5. The van der Waals surface area contributed by atoms with Gasteiger partial charge >= 0.3 is 12.1 Å². The lowest BCUT2D eigenvalue weighted by molar-refractivity contribution is -0.305. The molecule has 8 heteroatoms. The van der Waals surface area contributed by atoms with Gasteiger partial charge < -0.3 is 10.5 Å². The summed E-state index contributed by atoms with van der Waals surface area (Å²) < 4.78 is 79.7. The zero-order chi connectivity index (χ0) is 14.1. The van der Waals surface area contributed by atoms with Crippen LogP contribution >= 0.6 is 0 Å². The highest BCUT2D eigenvalue weighted by molar-refractivity contribution is 5.49. The maximum Gasteiger partial charge on any atom is 0.456 e. The predicted octanol–water partition coefficient (Wildman–Crippen LogP) is 3.49. The summed E-state index contributed by atoms with van der Waals surface area (Å²) in [6.07, 6.45) is -9.55. The van der Waals surface area contributed by atoms with Gasteiger partial charge in [-0.15, -0.1) is 0 Å². The van der Waals surface area contributed by atoms with Crippen LogP contribution in [0, 0.1) is 0 Å². The summed E-state index contributed by atoms with van der Waals surface area (Å²) in [5, 5.41) is 0. The Morgan fingerprint density at radius 2 is 1.72 bits per heavy atom. The molecule has 0 spiro atoms. The van der Waals surface area contributed by atoms with Gasteiger partial charge in [0.25, 0.3) is 0 Å². The third-order valence-corrected chi connectivity index (χ3v) is 2.23. The van der Waals surface area contributed by atoms with Crippen LogP contribution in [0.3, 0.4) is 0 Å². The van der Waals surface area contributed by atoms with E-state index in [0.29, 0.717) is 0 Å². The topological polar surface area (TPSA) is 35.2 Å². The van der Waals surface area contributed by atoms with Crippen LogP contribution < -0.4 is 10.5 Å². The number of nitrogen functional groups attached to an aromatic ring is 1. The molecule has 2 nitrogen and oxygen atoms in total. The van der Waals surface area contributed by atoms with Gasteiger partial charge in [0, 0.05) is 17.3 Å². The van der Waals surface area contributed by atoms with Gasteiger partial charge in [0.15, 0.2) is 0 Å². The molecule has 0 amide bonds. The Morgan fingerprint density at radius 1 is 1.17 bits per heavy atom. The number of hydrogen-bond donors (Lipinski definition) is 1. The number of halogens is 6. The summed E-state index contributed by atoms with van der Waals surface area (Å²) in [6.45, 7) is 0. The Morgan fingerprint density at radius 3 is 2.17 bits per heavy atom. The number of nitrogens with two attached hydrogens (primary N) is 1. The van der Waals surface area contributed by atoms with Crippen molar-refractivity contribution in [2.45, 2.75) is 18.3 Å². The van der Waals surface area contributed by atoms with E-state index in [-0.39, 0.29) is 5.69 Å². The van der Waals surface area contributed by atoms with Gasteiger partial charge in [0.2, 0.25) is 6.17 Å². The van der Waals surface area contributed by atoms with Crippen molar-refractivity contribution in [1.82, 2.24) is 0 Å². The fourth-order valence-electron chi connectivity index (χ4n) is 1.28. The van der Waals surface area contributed by atoms with Gasteiger partial charge in [-0.1, -0.05) is 6.07 Å². The van der Waals surface area contributed by atoms with Crippen molar-refractivity contribution < 1.29 is 31.1 Å². The monoisotopic (exact) mass is 273 g/mol. The van der Waals surface area contributed by atoms with Crippen LogP contribution in [0.5, 0.6) is 5.75 Å². The number of benzene rings is 1. The molecule has 102 valence electrons.